The summed E-state index contributed by atoms with van der Waals surface area (Å²) in [6.45, 7) is 1.55. The summed E-state index contributed by atoms with van der Waals surface area (Å²) in [4.78, 5) is 11.3. The van der Waals surface area contributed by atoms with E-state index in [2.05, 4.69) is 21.2 Å². The fraction of sp³-hybridized carbons (Fsp3) is 0.364. The Bertz CT molecular complexity index is 424. The second kappa shape index (κ2) is 6.07. The van der Waals surface area contributed by atoms with Gasteiger partial charge in [0.05, 0.1) is 16.3 Å². The molecule has 1 amide bonds. The summed E-state index contributed by atoms with van der Waals surface area (Å²) >= 11 is 2.84. The minimum absolute atomic E-state index is 0.00280. The van der Waals surface area contributed by atoms with Crippen LogP contribution in [0.3, 0.4) is 0 Å². The number of nitrogens with one attached hydrogen (secondary N) is 1. The van der Waals surface area contributed by atoms with Crippen molar-refractivity contribution in [3.63, 3.8) is 0 Å². The molecule has 1 aromatic rings. The van der Waals surface area contributed by atoms with E-state index in [0.29, 0.717) is 0 Å². The molecule has 0 aliphatic carbocycles. The van der Waals surface area contributed by atoms with E-state index in [1.54, 1.807) is 6.92 Å². The first-order chi connectivity index (χ1) is 7.90. The Hall–Kier alpha value is -1.01. The molecule has 0 spiro atoms. The van der Waals surface area contributed by atoms with E-state index in [1.165, 1.54) is 0 Å². The van der Waals surface area contributed by atoms with Gasteiger partial charge in [0.2, 0.25) is 5.91 Å². The second-order valence-electron chi connectivity index (χ2n) is 3.68. The van der Waals surface area contributed by atoms with E-state index in [9.17, 15) is 13.6 Å². The zero-order valence-corrected chi connectivity index (χ0v) is 10.7. The lowest BCUT2D eigenvalue weighted by Gasteiger charge is -2.08. The van der Waals surface area contributed by atoms with Gasteiger partial charge in [-0.1, -0.05) is 0 Å². The molecule has 1 aromatic carbocycles. The van der Waals surface area contributed by atoms with E-state index in [0.717, 1.165) is 12.1 Å². The molecule has 0 heterocycles. The van der Waals surface area contributed by atoms with Crippen LogP contribution < -0.4 is 5.32 Å². The highest BCUT2D eigenvalue weighted by atomic mass is 79.9. The molecule has 0 aliphatic rings. The number of benzene rings is 1. The van der Waals surface area contributed by atoms with Crippen molar-refractivity contribution in [1.82, 2.24) is 0 Å². The van der Waals surface area contributed by atoms with Crippen molar-refractivity contribution in [2.24, 2.45) is 0 Å². The van der Waals surface area contributed by atoms with Crippen LogP contribution in [0.4, 0.5) is 14.5 Å². The molecule has 1 atom stereocenters. The van der Waals surface area contributed by atoms with Gasteiger partial charge in [-0.05, 0) is 35.3 Å². The Balaban J connectivity index is 2.68. The summed E-state index contributed by atoms with van der Waals surface area (Å²) in [5.74, 6) is -1.84. The quantitative estimate of drug-likeness (QED) is 0.840. The van der Waals surface area contributed by atoms with Crippen molar-refractivity contribution in [3.8, 4) is 0 Å². The maximum atomic E-state index is 13.3. The number of anilines is 1. The van der Waals surface area contributed by atoms with Crippen LogP contribution in [0, 0.1) is 11.6 Å². The van der Waals surface area contributed by atoms with E-state index < -0.39 is 23.6 Å². The fourth-order valence-electron chi connectivity index (χ4n) is 1.17. The van der Waals surface area contributed by atoms with Crippen molar-refractivity contribution in [2.45, 2.75) is 25.9 Å². The summed E-state index contributed by atoms with van der Waals surface area (Å²) in [6, 6.07) is 1.85. The third kappa shape index (κ3) is 4.40. The number of aliphatic hydroxyl groups is 1. The largest absolute Gasteiger partial charge is 0.393 e. The number of rotatable bonds is 4. The molecule has 1 rings (SSSR count). The first-order valence-corrected chi connectivity index (χ1v) is 5.82. The summed E-state index contributed by atoms with van der Waals surface area (Å²) in [5, 5.41) is 11.2. The number of aliphatic hydroxyl groups excluding tert-OH is 1. The highest BCUT2D eigenvalue weighted by Crippen LogP contribution is 2.23. The Morgan fingerprint density at radius 1 is 1.47 bits per heavy atom. The predicted octanol–water partition coefficient (Wildman–Crippen LogP) is 2.83. The van der Waals surface area contributed by atoms with E-state index >= 15 is 0 Å². The molecule has 3 nitrogen and oxygen atoms in total. The molecule has 1 unspecified atom stereocenters. The molecule has 17 heavy (non-hydrogen) atoms. The Morgan fingerprint density at radius 3 is 2.71 bits per heavy atom. The van der Waals surface area contributed by atoms with Crippen LogP contribution in [0.5, 0.6) is 0 Å². The smallest absolute Gasteiger partial charge is 0.224 e. The summed E-state index contributed by atoms with van der Waals surface area (Å²) in [6.07, 6.45) is -0.284. The SMILES string of the molecule is CC(O)CCC(=O)Nc1cc(F)c(Br)cc1F. The lowest BCUT2D eigenvalue weighted by molar-refractivity contribution is -0.116. The highest BCUT2D eigenvalue weighted by molar-refractivity contribution is 9.10. The third-order valence-electron chi connectivity index (χ3n) is 2.07. The second-order valence-corrected chi connectivity index (χ2v) is 4.54. The highest BCUT2D eigenvalue weighted by Gasteiger charge is 2.11. The van der Waals surface area contributed by atoms with Crippen molar-refractivity contribution >= 4 is 27.5 Å². The number of hydrogen-bond donors (Lipinski definition) is 2. The van der Waals surface area contributed by atoms with E-state index in [1.807, 2.05) is 0 Å². The average Bonchev–Trinajstić information content (AvgIpc) is 2.23. The predicted molar refractivity (Wildman–Crippen MR) is 63.6 cm³/mol. The monoisotopic (exact) mass is 307 g/mol. The van der Waals surface area contributed by atoms with Gasteiger partial charge in [0, 0.05) is 12.5 Å². The van der Waals surface area contributed by atoms with Gasteiger partial charge in [0.15, 0.2) is 0 Å². The van der Waals surface area contributed by atoms with Gasteiger partial charge >= 0.3 is 0 Å². The van der Waals surface area contributed by atoms with Crippen LogP contribution in [-0.2, 0) is 4.79 Å². The molecule has 0 saturated carbocycles. The van der Waals surface area contributed by atoms with Crippen molar-refractivity contribution < 1.29 is 18.7 Å². The van der Waals surface area contributed by atoms with E-state index in [4.69, 9.17) is 5.11 Å². The molecule has 0 aromatic heterocycles. The first-order valence-electron chi connectivity index (χ1n) is 5.02. The number of amides is 1. The maximum Gasteiger partial charge on any atom is 0.224 e. The number of halogens is 3. The Morgan fingerprint density at radius 2 is 2.12 bits per heavy atom. The van der Waals surface area contributed by atoms with Crippen LogP contribution in [0.1, 0.15) is 19.8 Å². The molecule has 0 bridgehead atoms. The summed E-state index contributed by atoms with van der Waals surface area (Å²) in [5.41, 5.74) is -0.207. The van der Waals surface area contributed by atoms with Crippen LogP contribution in [0.15, 0.2) is 16.6 Å². The molecular formula is C11H12BrF2NO2. The molecule has 0 fully saturated rings. The van der Waals surface area contributed by atoms with Gasteiger partial charge in [-0.15, -0.1) is 0 Å². The number of hydrogen-bond acceptors (Lipinski definition) is 2. The summed E-state index contributed by atoms with van der Waals surface area (Å²) < 4.78 is 26.4. The molecule has 2 N–H and O–H groups in total. The van der Waals surface area contributed by atoms with Gasteiger partial charge in [0.1, 0.15) is 11.6 Å². The topological polar surface area (TPSA) is 49.3 Å². The normalized spacial score (nSPS) is 12.3. The van der Waals surface area contributed by atoms with Gasteiger partial charge < -0.3 is 10.4 Å². The third-order valence-corrected chi connectivity index (χ3v) is 2.68. The van der Waals surface area contributed by atoms with Crippen molar-refractivity contribution in [2.75, 3.05) is 5.32 Å². The maximum absolute atomic E-state index is 13.3. The van der Waals surface area contributed by atoms with Crippen LogP contribution >= 0.6 is 15.9 Å². The Kier molecular flexibility index (Phi) is 5.02. The summed E-state index contributed by atoms with van der Waals surface area (Å²) in [7, 11) is 0. The Labute approximate surface area is 106 Å². The molecule has 0 radical (unpaired) electrons. The molecular weight excluding hydrogens is 296 g/mol. The van der Waals surface area contributed by atoms with E-state index in [-0.39, 0.29) is 23.0 Å². The zero-order valence-electron chi connectivity index (χ0n) is 9.14. The van der Waals surface area contributed by atoms with Crippen LogP contribution in [0.2, 0.25) is 0 Å². The van der Waals surface area contributed by atoms with Crippen LogP contribution in [-0.4, -0.2) is 17.1 Å². The number of carbonyl (C=O) groups excluding carboxylic acids is 1. The molecule has 94 valence electrons. The van der Waals surface area contributed by atoms with Crippen LogP contribution in [0.25, 0.3) is 0 Å². The average molecular weight is 308 g/mol. The lowest BCUT2D eigenvalue weighted by Crippen LogP contribution is -2.15. The minimum atomic E-state index is -0.719. The molecule has 6 heteroatoms. The van der Waals surface area contributed by atoms with Crippen molar-refractivity contribution in [3.05, 3.63) is 28.2 Å². The minimum Gasteiger partial charge on any atom is -0.393 e. The first kappa shape index (κ1) is 14.1. The van der Waals surface area contributed by atoms with Gasteiger partial charge in [-0.2, -0.15) is 0 Å². The van der Waals surface area contributed by atoms with Gasteiger partial charge in [-0.25, -0.2) is 8.78 Å². The zero-order chi connectivity index (χ0) is 13.0. The van der Waals surface area contributed by atoms with Crippen molar-refractivity contribution in [1.29, 1.82) is 0 Å². The number of carbonyl (C=O) groups is 1. The van der Waals surface area contributed by atoms with Gasteiger partial charge in [-0.3, -0.25) is 4.79 Å². The lowest BCUT2D eigenvalue weighted by atomic mass is 10.2. The molecule has 0 saturated heterocycles. The molecule has 0 aliphatic heterocycles. The standard InChI is InChI=1S/C11H12BrF2NO2/c1-6(16)2-3-11(17)15-10-5-8(13)7(12)4-9(10)14/h4-6,16H,2-3H2,1H3,(H,15,17). The van der Waals surface area contributed by atoms with Gasteiger partial charge in [0.25, 0.3) is 0 Å². The fourth-order valence-corrected chi connectivity index (χ4v) is 1.49.